The highest BCUT2D eigenvalue weighted by molar-refractivity contribution is 9.10. The van der Waals surface area contributed by atoms with Crippen molar-refractivity contribution in [1.29, 1.82) is 0 Å². The average Bonchev–Trinajstić information content (AvgIpc) is 4.38. The van der Waals surface area contributed by atoms with Crippen LogP contribution in [0.1, 0.15) is 77.3 Å². The predicted octanol–water partition coefficient (Wildman–Crippen LogP) is 5.58. The number of likely N-dealkylation sites (N-methyl/N-ethyl adjacent to an activating group) is 2. The van der Waals surface area contributed by atoms with Crippen LogP contribution in [-0.2, 0) is 39.4 Å². The van der Waals surface area contributed by atoms with Gasteiger partial charge in [0.2, 0.25) is 0 Å². The number of nitrogens with zero attached hydrogens (tertiary/aromatic N) is 10. The standard InChI is InChI=1S/C24H24N6O3.C16H18BrN3O3.C14H18BN3O2/c1-29-21(31)24(28-22(29)25)13-23(8-3-11-32-14-23)33-19-7-6-16(12-17(19)24)18-4-2-5-20(27-18)30-10-9-26-15-30;1-20-13(21)16(19-14(20)18)8-15(5-2-6-22-9-15)23-12-4-3-10(17)7-11(12)16;1-13(2)14(3,4)20-15(19-13)11-6-5-7-12(17-11)18-9-8-16-10-18/h2,4-7,9-10,12,15H,3,8,11,13-14H2,1H3,(H2,25,28);3-4,7H,2,5-6,8-9H2,1H3,(H2,18,19);5-10H,1-4H3. The molecule has 76 heavy (non-hydrogen) atoms. The second kappa shape index (κ2) is 19.2. The fraction of sp³-hybridized carbons (Fsp3) is 0.407. The van der Waals surface area contributed by atoms with Crippen molar-refractivity contribution in [3.05, 3.63) is 126 Å². The Hall–Kier alpha value is -6.98. The van der Waals surface area contributed by atoms with Gasteiger partial charge in [-0.1, -0.05) is 28.1 Å². The van der Waals surface area contributed by atoms with Crippen molar-refractivity contribution in [2.45, 2.75) is 99.7 Å². The molecule has 6 aromatic rings. The number of nitrogens with two attached hydrogens (primary N) is 2. The molecular formula is C54H60BBrN12O8. The number of amides is 2. The summed E-state index contributed by atoms with van der Waals surface area (Å²) in [6, 6.07) is 23.1. The zero-order valence-corrected chi connectivity index (χ0v) is 44.9. The van der Waals surface area contributed by atoms with Crippen molar-refractivity contribution in [3.63, 3.8) is 0 Å². The summed E-state index contributed by atoms with van der Waals surface area (Å²) in [5.74, 6) is 3.08. The van der Waals surface area contributed by atoms with Gasteiger partial charge in [0.1, 0.15) is 47.0 Å². The Morgan fingerprint density at radius 3 is 1.64 bits per heavy atom. The molecule has 2 amide bonds. The summed E-state index contributed by atoms with van der Waals surface area (Å²) in [6.07, 6.45) is 14.8. The number of carbonyl (C=O) groups excluding carboxylic acids is 2. The molecule has 7 aliphatic heterocycles. The molecular weight excluding hydrogens is 1040 g/mol. The number of imidazole rings is 2. The molecule has 0 saturated carbocycles. The molecule has 3 saturated heterocycles. The number of hydrogen-bond acceptors (Lipinski definition) is 16. The van der Waals surface area contributed by atoms with E-state index >= 15 is 0 Å². The average molecular weight is 1100 g/mol. The summed E-state index contributed by atoms with van der Waals surface area (Å²) in [4.78, 5) is 56.2. The first-order valence-electron chi connectivity index (χ1n) is 25.4. The number of fused-ring (bicyclic) bond motifs is 4. The fourth-order valence-corrected chi connectivity index (χ4v) is 11.3. The molecule has 0 bridgehead atoms. The van der Waals surface area contributed by atoms with E-state index in [1.54, 1.807) is 39.1 Å². The number of ether oxygens (including phenoxy) is 4. The van der Waals surface area contributed by atoms with Crippen molar-refractivity contribution >= 4 is 52.4 Å². The van der Waals surface area contributed by atoms with E-state index in [4.69, 9.17) is 49.7 Å². The molecule has 11 heterocycles. The van der Waals surface area contributed by atoms with Gasteiger partial charge in [0.25, 0.3) is 11.8 Å². The molecule has 20 nitrogen and oxygen atoms in total. The smallest absolute Gasteiger partial charge is 0.484 e. The number of halogens is 1. The normalized spacial score (nSPS) is 26.8. The summed E-state index contributed by atoms with van der Waals surface area (Å²) in [5.41, 5.74) is 12.0. The number of aromatic nitrogens is 6. The van der Waals surface area contributed by atoms with Crippen LogP contribution < -0.4 is 26.5 Å². The number of guanidine groups is 2. The Bertz CT molecular complexity index is 3240. The molecule has 4 unspecified atom stereocenters. The minimum absolute atomic E-state index is 0.109. The highest BCUT2D eigenvalue weighted by Crippen LogP contribution is 2.53. The quantitative estimate of drug-likeness (QED) is 0.205. The molecule has 4 spiro atoms. The molecule has 4 aromatic heterocycles. The maximum Gasteiger partial charge on any atom is 0.514 e. The zero-order chi connectivity index (χ0) is 53.3. The molecule has 7 aliphatic rings. The number of pyridine rings is 2. The van der Waals surface area contributed by atoms with Crippen LogP contribution in [0.3, 0.4) is 0 Å². The lowest BCUT2D eigenvalue weighted by Gasteiger charge is -2.46. The first-order valence-corrected chi connectivity index (χ1v) is 26.2. The van der Waals surface area contributed by atoms with Crippen molar-refractivity contribution in [1.82, 2.24) is 38.9 Å². The second-order valence-corrected chi connectivity index (χ2v) is 22.2. The maximum absolute atomic E-state index is 13.5. The number of aliphatic imine (C=N–C) groups is 2. The molecule has 4 atom stereocenters. The lowest BCUT2D eigenvalue weighted by Crippen LogP contribution is -2.55. The van der Waals surface area contributed by atoms with Gasteiger partial charge in [-0.2, -0.15) is 0 Å². The van der Waals surface area contributed by atoms with Crippen molar-refractivity contribution < 1.29 is 37.8 Å². The Balaban J connectivity index is 0.000000127. The third kappa shape index (κ3) is 9.02. The number of hydrogen-bond donors (Lipinski definition) is 2. The highest BCUT2D eigenvalue weighted by atomic mass is 79.9. The van der Waals surface area contributed by atoms with Crippen molar-refractivity contribution in [2.75, 3.05) is 40.5 Å². The van der Waals surface area contributed by atoms with Crippen LogP contribution in [0.2, 0.25) is 0 Å². The van der Waals surface area contributed by atoms with Crippen LogP contribution >= 0.6 is 15.9 Å². The lowest BCUT2D eigenvalue weighted by atomic mass is 9.74. The summed E-state index contributed by atoms with van der Waals surface area (Å²) in [5, 5.41) is 0. The minimum atomic E-state index is -1.13. The molecule has 4 N–H and O–H groups in total. The monoisotopic (exact) mass is 1090 g/mol. The van der Waals surface area contributed by atoms with Gasteiger partial charge in [0.15, 0.2) is 23.0 Å². The Morgan fingerprint density at radius 2 is 1.16 bits per heavy atom. The predicted molar refractivity (Wildman–Crippen MR) is 286 cm³/mol. The van der Waals surface area contributed by atoms with E-state index in [0.717, 1.165) is 70.8 Å². The molecule has 2 aromatic carbocycles. The van der Waals surface area contributed by atoms with Gasteiger partial charge in [-0.15, -0.1) is 0 Å². The Kier molecular flexibility index (Phi) is 12.9. The van der Waals surface area contributed by atoms with Crippen LogP contribution in [0, 0.1) is 0 Å². The van der Waals surface area contributed by atoms with E-state index in [1.165, 1.54) is 9.80 Å². The van der Waals surface area contributed by atoms with E-state index in [9.17, 15) is 9.59 Å². The highest BCUT2D eigenvalue weighted by Gasteiger charge is 2.60. The van der Waals surface area contributed by atoms with E-state index in [0.29, 0.717) is 49.7 Å². The molecule has 394 valence electrons. The summed E-state index contributed by atoms with van der Waals surface area (Å²) in [7, 11) is 2.88. The van der Waals surface area contributed by atoms with Crippen molar-refractivity contribution in [2.24, 2.45) is 21.5 Å². The van der Waals surface area contributed by atoms with E-state index < -0.39 is 29.4 Å². The van der Waals surface area contributed by atoms with Crippen LogP contribution in [0.5, 0.6) is 11.5 Å². The van der Waals surface area contributed by atoms with Gasteiger partial charge in [-0.3, -0.25) is 28.5 Å². The summed E-state index contributed by atoms with van der Waals surface area (Å²) < 4.78 is 40.8. The SMILES string of the molecule is CC1(C)OB(c2cccc(-n3ccnc3)n2)OC1(C)C.CN1C(=O)C2(CC3(CCCOC3)Oc3ccc(-c4cccc(-n5ccnc5)n4)cc32)N=C1N.CN1C(=O)C2(CC3(CCCOC3)Oc3ccc(Br)cc32)N=C1N. The van der Waals surface area contributed by atoms with E-state index in [-0.39, 0.29) is 34.9 Å². The van der Waals surface area contributed by atoms with Gasteiger partial charge in [-0.25, -0.2) is 29.9 Å². The van der Waals surface area contributed by atoms with Gasteiger partial charge in [0, 0.05) is 86.1 Å². The minimum Gasteiger partial charge on any atom is -0.484 e. The summed E-state index contributed by atoms with van der Waals surface area (Å²) >= 11 is 3.47. The van der Waals surface area contributed by atoms with Crippen LogP contribution in [0.25, 0.3) is 22.9 Å². The first kappa shape index (κ1) is 51.1. The van der Waals surface area contributed by atoms with Crippen LogP contribution in [0.15, 0.2) is 125 Å². The van der Waals surface area contributed by atoms with Crippen LogP contribution in [-0.4, -0.2) is 133 Å². The molecule has 13 rings (SSSR count). The lowest BCUT2D eigenvalue weighted by molar-refractivity contribution is -0.139. The zero-order valence-electron chi connectivity index (χ0n) is 43.3. The second-order valence-electron chi connectivity index (χ2n) is 21.3. The van der Waals surface area contributed by atoms with Crippen LogP contribution in [0.4, 0.5) is 0 Å². The third-order valence-electron chi connectivity index (χ3n) is 15.6. The van der Waals surface area contributed by atoms with Gasteiger partial charge in [0.05, 0.1) is 35.7 Å². The fourth-order valence-electron chi connectivity index (χ4n) is 10.9. The van der Waals surface area contributed by atoms with Gasteiger partial charge >= 0.3 is 7.12 Å². The molecule has 0 aliphatic carbocycles. The largest absolute Gasteiger partial charge is 0.514 e. The first-order chi connectivity index (χ1) is 36.3. The summed E-state index contributed by atoms with van der Waals surface area (Å²) in [6.45, 7) is 10.5. The van der Waals surface area contributed by atoms with E-state index in [1.807, 2.05) is 122 Å². The molecule has 22 heteroatoms. The third-order valence-corrected chi connectivity index (χ3v) is 16.1. The van der Waals surface area contributed by atoms with Crippen molar-refractivity contribution in [3.8, 4) is 34.4 Å². The van der Waals surface area contributed by atoms with Gasteiger partial charge in [-0.05, 0) is 114 Å². The van der Waals surface area contributed by atoms with E-state index in [2.05, 4.69) is 35.9 Å². The number of carbonyl (C=O) groups is 2. The molecule has 3 fully saturated rings. The van der Waals surface area contributed by atoms with Gasteiger partial charge < -0.3 is 39.7 Å². The number of rotatable bonds is 4. The Morgan fingerprint density at radius 1 is 0.645 bits per heavy atom. The maximum atomic E-state index is 13.5. The Labute approximate surface area is 449 Å². The number of benzene rings is 2. The topological polar surface area (TPSA) is 234 Å². The molecule has 0 radical (unpaired) electrons.